The van der Waals surface area contributed by atoms with Gasteiger partial charge in [0.05, 0.1) is 13.2 Å². The molecule has 2 rings (SSSR count). The molecule has 4 N–H and O–H groups in total. The first-order chi connectivity index (χ1) is 11.7. The Balaban J connectivity index is 2.02. The highest BCUT2D eigenvalue weighted by atomic mass is 16.5. The summed E-state index contributed by atoms with van der Waals surface area (Å²) in [6.45, 7) is -1.01. The number of rotatable bonds is 9. The molecular weight excluding hydrogens is 312 g/mol. The van der Waals surface area contributed by atoms with E-state index in [1.54, 1.807) is 48.5 Å². The third kappa shape index (κ3) is 4.94. The van der Waals surface area contributed by atoms with E-state index < -0.39 is 37.6 Å². The number of hydrogen-bond donors (Lipinski definition) is 4. The predicted molar refractivity (Wildman–Crippen MR) is 87.9 cm³/mol. The van der Waals surface area contributed by atoms with E-state index in [1.165, 1.54) is 0 Å². The molecule has 0 fully saturated rings. The van der Waals surface area contributed by atoms with E-state index in [0.717, 1.165) is 0 Å². The molecule has 0 unspecified atom stereocenters. The van der Waals surface area contributed by atoms with Gasteiger partial charge in [-0.3, -0.25) is 0 Å². The fourth-order valence-corrected chi connectivity index (χ4v) is 2.22. The summed E-state index contributed by atoms with van der Waals surface area (Å²) in [6, 6.07) is 17.3. The smallest absolute Gasteiger partial charge is 0.150 e. The monoisotopic (exact) mass is 334 g/mol. The largest absolute Gasteiger partial charge is 0.485 e. The molecule has 2 aromatic rings. The van der Waals surface area contributed by atoms with Crippen molar-refractivity contribution in [2.75, 3.05) is 13.2 Å². The summed E-state index contributed by atoms with van der Waals surface area (Å²) in [5, 5.41) is 39.5. The van der Waals surface area contributed by atoms with Crippen molar-refractivity contribution >= 4 is 0 Å². The third-order valence-electron chi connectivity index (χ3n) is 3.53. The first kappa shape index (κ1) is 18.2. The van der Waals surface area contributed by atoms with E-state index >= 15 is 0 Å². The molecule has 0 spiro atoms. The first-order valence-corrected chi connectivity index (χ1v) is 7.67. The van der Waals surface area contributed by atoms with Gasteiger partial charge in [0.15, 0.2) is 12.2 Å². The summed E-state index contributed by atoms with van der Waals surface area (Å²) < 4.78 is 11.0. The van der Waals surface area contributed by atoms with Crippen LogP contribution in [0.4, 0.5) is 0 Å². The molecule has 0 saturated heterocycles. The summed E-state index contributed by atoms with van der Waals surface area (Å²) in [4.78, 5) is 0. The zero-order valence-corrected chi connectivity index (χ0v) is 13.1. The van der Waals surface area contributed by atoms with Crippen molar-refractivity contribution in [1.82, 2.24) is 0 Å². The van der Waals surface area contributed by atoms with Gasteiger partial charge in [-0.25, -0.2) is 0 Å². The van der Waals surface area contributed by atoms with Crippen LogP contribution < -0.4 is 9.47 Å². The topological polar surface area (TPSA) is 99.4 Å². The second-order valence-corrected chi connectivity index (χ2v) is 5.29. The Morgan fingerprint density at radius 2 is 0.958 bits per heavy atom. The van der Waals surface area contributed by atoms with Crippen molar-refractivity contribution in [2.45, 2.75) is 24.4 Å². The van der Waals surface area contributed by atoms with Crippen LogP contribution in [0, 0.1) is 0 Å². The molecule has 0 saturated carbocycles. The van der Waals surface area contributed by atoms with Crippen LogP contribution in [-0.2, 0) is 0 Å². The van der Waals surface area contributed by atoms with Crippen molar-refractivity contribution in [3.05, 3.63) is 60.7 Å². The van der Waals surface area contributed by atoms with E-state index in [9.17, 15) is 20.4 Å². The number of aliphatic hydroxyl groups excluding tert-OH is 4. The molecule has 24 heavy (non-hydrogen) atoms. The van der Waals surface area contributed by atoms with Crippen LogP contribution in [0.25, 0.3) is 0 Å². The summed E-state index contributed by atoms with van der Waals surface area (Å²) in [7, 11) is 0. The average molecular weight is 334 g/mol. The van der Waals surface area contributed by atoms with E-state index in [1.807, 2.05) is 12.1 Å². The normalized spacial score (nSPS) is 16.0. The van der Waals surface area contributed by atoms with Crippen LogP contribution >= 0.6 is 0 Å². The van der Waals surface area contributed by atoms with Crippen LogP contribution in [0.2, 0.25) is 0 Å². The highest BCUT2D eigenvalue weighted by Crippen LogP contribution is 2.18. The van der Waals surface area contributed by atoms with E-state index in [4.69, 9.17) is 9.47 Å². The fraction of sp³-hybridized carbons (Fsp3) is 0.333. The standard InChI is InChI=1S/C18H22O6/c19-11-15(23-13-7-3-1-4-8-13)17(21)18(22)16(12-20)24-14-9-5-2-6-10-14/h1-10,15-22H,11-12H2/t15-,16+,17-,18+. The van der Waals surface area contributed by atoms with Crippen molar-refractivity contribution in [1.29, 1.82) is 0 Å². The Kier molecular flexibility index (Phi) is 7.02. The maximum Gasteiger partial charge on any atom is 0.150 e. The highest BCUT2D eigenvalue weighted by molar-refractivity contribution is 5.22. The predicted octanol–water partition coefficient (Wildman–Crippen LogP) is 0.588. The molecule has 2 aromatic carbocycles. The number of benzene rings is 2. The molecule has 0 aliphatic carbocycles. The molecule has 0 aliphatic rings. The fourth-order valence-electron chi connectivity index (χ4n) is 2.22. The lowest BCUT2D eigenvalue weighted by atomic mass is 10.0. The number of para-hydroxylation sites is 2. The lowest BCUT2D eigenvalue weighted by Crippen LogP contribution is -2.51. The Morgan fingerprint density at radius 3 is 1.25 bits per heavy atom. The second kappa shape index (κ2) is 9.24. The minimum atomic E-state index is -1.45. The number of aliphatic hydroxyl groups is 4. The summed E-state index contributed by atoms with van der Waals surface area (Å²) in [6.07, 6.45) is -5.02. The van der Waals surface area contributed by atoms with Gasteiger partial charge in [0, 0.05) is 0 Å². The molecule has 130 valence electrons. The van der Waals surface area contributed by atoms with Gasteiger partial charge in [0.1, 0.15) is 23.7 Å². The molecule has 0 radical (unpaired) electrons. The molecule has 6 heteroatoms. The van der Waals surface area contributed by atoms with Crippen LogP contribution in [0.3, 0.4) is 0 Å². The molecular formula is C18H22O6. The number of hydrogen-bond acceptors (Lipinski definition) is 6. The summed E-state index contributed by atoms with van der Waals surface area (Å²) in [5.74, 6) is 0.902. The molecule has 4 atom stereocenters. The van der Waals surface area contributed by atoms with Crippen molar-refractivity contribution < 1.29 is 29.9 Å². The summed E-state index contributed by atoms with van der Waals surface area (Å²) >= 11 is 0. The second-order valence-electron chi connectivity index (χ2n) is 5.29. The first-order valence-electron chi connectivity index (χ1n) is 7.67. The van der Waals surface area contributed by atoms with Gasteiger partial charge in [-0.1, -0.05) is 36.4 Å². The van der Waals surface area contributed by atoms with Crippen LogP contribution in [-0.4, -0.2) is 58.1 Å². The molecule has 0 aliphatic heterocycles. The van der Waals surface area contributed by atoms with Gasteiger partial charge in [-0.15, -0.1) is 0 Å². The lowest BCUT2D eigenvalue weighted by Gasteiger charge is -2.30. The van der Waals surface area contributed by atoms with Gasteiger partial charge in [-0.2, -0.15) is 0 Å². The van der Waals surface area contributed by atoms with Crippen LogP contribution in [0.1, 0.15) is 0 Å². The van der Waals surface area contributed by atoms with Gasteiger partial charge < -0.3 is 29.9 Å². The minimum Gasteiger partial charge on any atom is -0.485 e. The molecule has 0 aromatic heterocycles. The quantitative estimate of drug-likeness (QED) is 0.536. The van der Waals surface area contributed by atoms with Crippen LogP contribution in [0.15, 0.2) is 60.7 Å². The Morgan fingerprint density at radius 1 is 0.625 bits per heavy atom. The Labute approximate surface area is 140 Å². The summed E-state index contributed by atoms with van der Waals surface area (Å²) in [5.41, 5.74) is 0. The molecule has 0 bridgehead atoms. The highest BCUT2D eigenvalue weighted by Gasteiger charge is 2.34. The lowest BCUT2D eigenvalue weighted by molar-refractivity contribution is -0.110. The minimum absolute atomic E-state index is 0.451. The van der Waals surface area contributed by atoms with Gasteiger partial charge in [0.2, 0.25) is 0 Å². The molecule has 6 nitrogen and oxygen atoms in total. The zero-order chi connectivity index (χ0) is 17.4. The van der Waals surface area contributed by atoms with Gasteiger partial charge in [0.25, 0.3) is 0 Å². The molecule has 0 amide bonds. The van der Waals surface area contributed by atoms with Gasteiger partial charge >= 0.3 is 0 Å². The van der Waals surface area contributed by atoms with E-state index in [0.29, 0.717) is 11.5 Å². The van der Waals surface area contributed by atoms with Crippen molar-refractivity contribution in [3.8, 4) is 11.5 Å². The van der Waals surface area contributed by atoms with Crippen molar-refractivity contribution in [2.24, 2.45) is 0 Å². The number of ether oxygens (including phenoxy) is 2. The SMILES string of the molecule is OC[C@H](Oc1ccccc1)[C@H](O)[C@H](O)[C@@H](CO)Oc1ccccc1. The van der Waals surface area contributed by atoms with E-state index in [2.05, 4.69) is 0 Å². The Hall–Kier alpha value is -2.12. The maximum absolute atomic E-state index is 10.3. The third-order valence-corrected chi connectivity index (χ3v) is 3.53. The van der Waals surface area contributed by atoms with Gasteiger partial charge in [-0.05, 0) is 24.3 Å². The van der Waals surface area contributed by atoms with E-state index in [-0.39, 0.29) is 0 Å². The Bertz CT molecular complexity index is 523. The maximum atomic E-state index is 10.3. The average Bonchev–Trinajstić information content (AvgIpc) is 2.64. The van der Waals surface area contributed by atoms with Crippen molar-refractivity contribution in [3.63, 3.8) is 0 Å². The molecule has 0 heterocycles. The zero-order valence-electron chi connectivity index (χ0n) is 13.1. The van der Waals surface area contributed by atoms with Crippen LogP contribution in [0.5, 0.6) is 11.5 Å².